The Balaban J connectivity index is 1.68. The molecule has 3 heterocycles. The van der Waals surface area contributed by atoms with Gasteiger partial charge < -0.3 is 19.9 Å². The van der Waals surface area contributed by atoms with Crippen molar-refractivity contribution in [1.82, 2.24) is 15.2 Å². The van der Waals surface area contributed by atoms with Gasteiger partial charge >= 0.3 is 0 Å². The number of morpholine rings is 1. The highest BCUT2D eigenvalue weighted by Crippen LogP contribution is 2.19. The highest BCUT2D eigenvalue weighted by atomic mass is 16.5. The monoisotopic (exact) mass is 318 g/mol. The van der Waals surface area contributed by atoms with Gasteiger partial charge in [0.25, 0.3) is 5.91 Å². The van der Waals surface area contributed by atoms with E-state index < -0.39 is 0 Å². The van der Waals surface area contributed by atoms with Crippen molar-refractivity contribution in [3.63, 3.8) is 0 Å². The molecule has 0 radical (unpaired) electrons. The quantitative estimate of drug-likeness (QED) is 0.886. The smallest absolute Gasteiger partial charge is 0.255 e. The van der Waals surface area contributed by atoms with Crippen molar-refractivity contribution in [1.29, 1.82) is 0 Å². The van der Waals surface area contributed by atoms with E-state index in [9.17, 15) is 4.79 Å². The number of nitrogens with zero attached hydrogens (tertiary/aromatic N) is 3. The predicted octanol–water partition coefficient (Wildman–Crippen LogP) is 1.13. The molecule has 0 bridgehead atoms. The average molecular weight is 318 g/mol. The van der Waals surface area contributed by atoms with Gasteiger partial charge in [0.1, 0.15) is 5.82 Å². The minimum Gasteiger partial charge on any atom is -0.372 e. The Labute approximate surface area is 137 Å². The Bertz CT molecular complexity index is 538. The Morgan fingerprint density at radius 3 is 2.57 bits per heavy atom. The number of carbonyl (C=O) groups is 1. The van der Waals surface area contributed by atoms with Crippen LogP contribution in [0.4, 0.5) is 5.82 Å². The maximum atomic E-state index is 12.6. The van der Waals surface area contributed by atoms with Crippen molar-refractivity contribution in [2.24, 2.45) is 0 Å². The number of amides is 1. The molecule has 1 aromatic heterocycles. The summed E-state index contributed by atoms with van der Waals surface area (Å²) in [6, 6.07) is 4.18. The Morgan fingerprint density at radius 2 is 1.96 bits per heavy atom. The topological polar surface area (TPSA) is 57.7 Å². The maximum absolute atomic E-state index is 12.6. The van der Waals surface area contributed by atoms with Gasteiger partial charge in [0.2, 0.25) is 0 Å². The van der Waals surface area contributed by atoms with E-state index in [1.807, 2.05) is 17.0 Å². The average Bonchev–Trinajstić information content (AvgIpc) is 2.53. The molecule has 0 aromatic carbocycles. The van der Waals surface area contributed by atoms with Crippen molar-refractivity contribution in [2.45, 2.75) is 39.0 Å². The fourth-order valence-corrected chi connectivity index (χ4v) is 3.36. The van der Waals surface area contributed by atoms with Crippen LogP contribution in [0.3, 0.4) is 0 Å². The van der Waals surface area contributed by atoms with E-state index in [1.54, 1.807) is 6.20 Å². The third-order valence-electron chi connectivity index (χ3n) is 4.39. The summed E-state index contributed by atoms with van der Waals surface area (Å²) < 4.78 is 5.75. The molecule has 3 atom stereocenters. The van der Waals surface area contributed by atoms with Crippen molar-refractivity contribution in [3.8, 4) is 0 Å². The minimum atomic E-state index is 0.0705. The van der Waals surface area contributed by atoms with E-state index in [-0.39, 0.29) is 18.1 Å². The van der Waals surface area contributed by atoms with Crippen LogP contribution in [0, 0.1) is 0 Å². The molecule has 126 valence electrons. The summed E-state index contributed by atoms with van der Waals surface area (Å²) in [6.07, 6.45) is 2.10. The number of anilines is 1. The number of rotatable bonds is 2. The molecule has 3 rings (SSSR count). The van der Waals surface area contributed by atoms with E-state index in [4.69, 9.17) is 4.74 Å². The molecule has 2 aliphatic heterocycles. The van der Waals surface area contributed by atoms with Gasteiger partial charge in [-0.15, -0.1) is 0 Å². The summed E-state index contributed by atoms with van der Waals surface area (Å²) >= 11 is 0. The number of ether oxygens (including phenoxy) is 1. The lowest BCUT2D eigenvalue weighted by atomic mass is 10.2. The normalized spacial score (nSPS) is 28.7. The molecule has 0 spiro atoms. The summed E-state index contributed by atoms with van der Waals surface area (Å²) in [7, 11) is 0. The first-order valence-electron chi connectivity index (χ1n) is 8.42. The summed E-state index contributed by atoms with van der Waals surface area (Å²) in [5.41, 5.74) is 0.664. The lowest BCUT2D eigenvalue weighted by molar-refractivity contribution is -0.00546. The zero-order valence-corrected chi connectivity index (χ0v) is 14.2. The molecule has 2 fully saturated rings. The lowest BCUT2D eigenvalue weighted by Gasteiger charge is -2.36. The molecule has 2 aliphatic rings. The summed E-state index contributed by atoms with van der Waals surface area (Å²) in [5, 5.41) is 3.35. The molecule has 23 heavy (non-hydrogen) atoms. The van der Waals surface area contributed by atoms with Crippen LogP contribution < -0.4 is 10.2 Å². The zero-order chi connectivity index (χ0) is 16.4. The number of hydrogen-bond acceptors (Lipinski definition) is 5. The first-order chi connectivity index (χ1) is 11.0. The molecule has 1 N–H and O–H groups in total. The first-order valence-corrected chi connectivity index (χ1v) is 8.42. The summed E-state index contributed by atoms with van der Waals surface area (Å²) in [4.78, 5) is 21.2. The Kier molecular flexibility index (Phi) is 4.82. The molecule has 6 nitrogen and oxygen atoms in total. The fourth-order valence-electron chi connectivity index (χ4n) is 3.36. The second-order valence-electron chi connectivity index (χ2n) is 6.67. The third kappa shape index (κ3) is 3.82. The van der Waals surface area contributed by atoms with Crippen molar-refractivity contribution < 1.29 is 9.53 Å². The highest BCUT2D eigenvalue weighted by Gasteiger charge is 2.24. The molecule has 1 aromatic rings. The second kappa shape index (κ2) is 6.84. The van der Waals surface area contributed by atoms with E-state index in [2.05, 4.69) is 36.0 Å². The van der Waals surface area contributed by atoms with E-state index in [0.29, 0.717) is 11.6 Å². The van der Waals surface area contributed by atoms with Gasteiger partial charge in [-0.05, 0) is 32.9 Å². The minimum absolute atomic E-state index is 0.0705. The standard InChI is InChI=1S/C17H26N4O2/c1-12-9-20(7-6-18-12)17(22)15-4-5-16(19-8-15)21-10-13(2)23-14(3)11-21/h4-5,8,12-14,18H,6-7,9-11H2,1-3H3/t12-,13?,14?/m1/s1. The maximum Gasteiger partial charge on any atom is 0.255 e. The molecular formula is C17H26N4O2. The van der Waals surface area contributed by atoms with Crippen LogP contribution in [-0.2, 0) is 4.74 Å². The molecule has 1 amide bonds. The van der Waals surface area contributed by atoms with Crippen LogP contribution >= 0.6 is 0 Å². The van der Waals surface area contributed by atoms with Crippen LogP contribution in [0.1, 0.15) is 31.1 Å². The van der Waals surface area contributed by atoms with Crippen LogP contribution in [0.15, 0.2) is 18.3 Å². The second-order valence-corrected chi connectivity index (χ2v) is 6.67. The molecule has 2 saturated heterocycles. The molecule has 0 aliphatic carbocycles. The summed E-state index contributed by atoms with van der Waals surface area (Å²) in [5.74, 6) is 0.985. The van der Waals surface area contributed by atoms with Crippen LogP contribution in [-0.4, -0.2) is 66.8 Å². The number of nitrogens with one attached hydrogen (secondary N) is 1. The number of carbonyl (C=O) groups excluding carboxylic acids is 1. The number of aromatic nitrogens is 1. The van der Waals surface area contributed by atoms with Crippen molar-refractivity contribution in [2.75, 3.05) is 37.6 Å². The predicted molar refractivity (Wildman–Crippen MR) is 89.8 cm³/mol. The van der Waals surface area contributed by atoms with Gasteiger partial charge in [-0.3, -0.25) is 4.79 Å². The summed E-state index contributed by atoms with van der Waals surface area (Å²) in [6.45, 7) is 10.3. The Morgan fingerprint density at radius 1 is 1.22 bits per heavy atom. The van der Waals surface area contributed by atoms with Gasteiger partial charge in [-0.1, -0.05) is 0 Å². The van der Waals surface area contributed by atoms with E-state index in [0.717, 1.165) is 38.5 Å². The van der Waals surface area contributed by atoms with Gasteiger partial charge in [0.05, 0.1) is 17.8 Å². The van der Waals surface area contributed by atoms with E-state index in [1.165, 1.54) is 0 Å². The Hall–Kier alpha value is -1.66. The van der Waals surface area contributed by atoms with Crippen LogP contribution in [0.5, 0.6) is 0 Å². The van der Waals surface area contributed by atoms with Gasteiger partial charge in [-0.25, -0.2) is 4.98 Å². The van der Waals surface area contributed by atoms with Gasteiger partial charge in [-0.2, -0.15) is 0 Å². The van der Waals surface area contributed by atoms with Crippen molar-refractivity contribution in [3.05, 3.63) is 23.9 Å². The number of piperazine rings is 1. The molecule has 6 heteroatoms. The molecular weight excluding hydrogens is 292 g/mol. The zero-order valence-electron chi connectivity index (χ0n) is 14.2. The molecule has 2 unspecified atom stereocenters. The van der Waals surface area contributed by atoms with Crippen LogP contribution in [0.25, 0.3) is 0 Å². The van der Waals surface area contributed by atoms with Crippen molar-refractivity contribution >= 4 is 11.7 Å². The first kappa shape index (κ1) is 16.2. The van der Waals surface area contributed by atoms with Gasteiger partial charge in [0.15, 0.2) is 0 Å². The number of hydrogen-bond donors (Lipinski definition) is 1. The third-order valence-corrected chi connectivity index (χ3v) is 4.39. The fraction of sp³-hybridized carbons (Fsp3) is 0.647. The lowest BCUT2D eigenvalue weighted by Crippen LogP contribution is -2.51. The SMILES string of the molecule is CC1CN(c2ccc(C(=O)N3CCN[C@H](C)C3)cn2)CC(C)O1. The van der Waals surface area contributed by atoms with Gasteiger partial charge in [0, 0.05) is 45.0 Å². The highest BCUT2D eigenvalue weighted by molar-refractivity contribution is 5.94. The number of pyridine rings is 1. The van der Waals surface area contributed by atoms with Crippen LogP contribution in [0.2, 0.25) is 0 Å². The largest absolute Gasteiger partial charge is 0.372 e. The van der Waals surface area contributed by atoms with E-state index >= 15 is 0 Å². The molecule has 0 saturated carbocycles.